The molecule has 3 aromatic rings. The van der Waals surface area contributed by atoms with Crippen LogP contribution in [0.2, 0.25) is 0 Å². The van der Waals surface area contributed by atoms with Gasteiger partial charge >= 0.3 is 0 Å². The molecule has 0 fully saturated rings. The lowest BCUT2D eigenvalue weighted by atomic mass is 10.1. The third-order valence-electron chi connectivity index (χ3n) is 3.80. The first-order chi connectivity index (χ1) is 12.8. The number of hydrogen-bond acceptors (Lipinski definition) is 4. The average molecular weight is 339 g/mol. The van der Waals surface area contributed by atoms with Gasteiger partial charge in [-0.25, -0.2) is 4.98 Å². The third-order valence-corrected chi connectivity index (χ3v) is 3.80. The van der Waals surface area contributed by atoms with Gasteiger partial charge in [0.15, 0.2) is 11.4 Å². The van der Waals surface area contributed by atoms with E-state index in [-0.39, 0.29) is 5.69 Å². The number of nitriles is 1. The van der Waals surface area contributed by atoms with E-state index in [4.69, 9.17) is 4.74 Å². The van der Waals surface area contributed by atoms with Crippen LogP contribution in [0.5, 0.6) is 5.75 Å². The minimum atomic E-state index is 0.242. The summed E-state index contributed by atoms with van der Waals surface area (Å²) in [6.45, 7) is 4.01. The van der Waals surface area contributed by atoms with Gasteiger partial charge in [0.25, 0.3) is 0 Å². The largest absolute Gasteiger partial charge is 0.485 e. The maximum Gasteiger partial charge on any atom is 0.183 e. The van der Waals surface area contributed by atoms with E-state index in [1.165, 1.54) is 0 Å². The van der Waals surface area contributed by atoms with E-state index in [1.807, 2.05) is 66.7 Å². The standard InChI is InChI=1S/C22H17N3O/c1-24-20(18-10-6-3-7-11-18)14-19-12-13-25-21(15-23)22(19)26-16-17-8-4-2-5-9-17/h2-14H,1,16H2. The van der Waals surface area contributed by atoms with Gasteiger partial charge in [-0.1, -0.05) is 60.7 Å². The molecule has 0 aliphatic heterocycles. The Morgan fingerprint density at radius 3 is 2.42 bits per heavy atom. The zero-order valence-corrected chi connectivity index (χ0v) is 14.2. The Labute approximate surface area is 152 Å². The zero-order chi connectivity index (χ0) is 18.2. The van der Waals surface area contributed by atoms with Gasteiger partial charge in [-0.2, -0.15) is 5.26 Å². The third kappa shape index (κ3) is 4.03. The van der Waals surface area contributed by atoms with Gasteiger partial charge in [0.2, 0.25) is 0 Å². The second kappa shape index (κ2) is 8.41. The van der Waals surface area contributed by atoms with Crippen molar-refractivity contribution in [2.45, 2.75) is 6.61 Å². The fraction of sp³-hybridized carbons (Fsp3) is 0.0455. The maximum atomic E-state index is 9.40. The Kier molecular flexibility index (Phi) is 5.54. The number of aliphatic imine (C=N–C) groups is 1. The quantitative estimate of drug-likeness (QED) is 0.610. The molecule has 1 heterocycles. The van der Waals surface area contributed by atoms with E-state index in [9.17, 15) is 5.26 Å². The highest BCUT2D eigenvalue weighted by atomic mass is 16.5. The lowest BCUT2D eigenvalue weighted by Crippen LogP contribution is -2.00. The molecule has 0 spiro atoms. The highest BCUT2D eigenvalue weighted by Crippen LogP contribution is 2.28. The van der Waals surface area contributed by atoms with Crippen LogP contribution in [0, 0.1) is 11.3 Å². The van der Waals surface area contributed by atoms with Crippen LogP contribution in [0.15, 0.2) is 77.9 Å². The molecule has 4 heteroatoms. The molecule has 26 heavy (non-hydrogen) atoms. The van der Waals surface area contributed by atoms with Gasteiger partial charge < -0.3 is 4.74 Å². The van der Waals surface area contributed by atoms with Crippen LogP contribution < -0.4 is 4.74 Å². The summed E-state index contributed by atoms with van der Waals surface area (Å²) < 4.78 is 5.93. The Bertz CT molecular complexity index is 958. The molecular formula is C22H17N3O. The molecule has 1 aromatic heterocycles. The topological polar surface area (TPSA) is 58.3 Å². The smallest absolute Gasteiger partial charge is 0.183 e. The van der Waals surface area contributed by atoms with Crippen molar-refractivity contribution in [1.82, 2.24) is 4.98 Å². The fourth-order valence-electron chi connectivity index (χ4n) is 2.51. The lowest BCUT2D eigenvalue weighted by Gasteiger charge is -2.11. The van der Waals surface area contributed by atoms with Gasteiger partial charge in [0, 0.05) is 17.3 Å². The summed E-state index contributed by atoms with van der Waals surface area (Å²) in [5, 5.41) is 9.40. The predicted molar refractivity (Wildman–Crippen MR) is 104 cm³/mol. The van der Waals surface area contributed by atoms with Crippen molar-refractivity contribution in [3.05, 3.63) is 95.3 Å². The van der Waals surface area contributed by atoms with Crippen molar-refractivity contribution in [2.75, 3.05) is 0 Å². The molecule has 2 aromatic carbocycles. The molecule has 0 saturated carbocycles. The molecule has 126 valence electrons. The summed E-state index contributed by atoms with van der Waals surface area (Å²) in [6, 6.07) is 23.4. The van der Waals surface area contributed by atoms with E-state index in [0.717, 1.165) is 16.7 Å². The molecular weight excluding hydrogens is 322 g/mol. The molecule has 0 atom stereocenters. The number of benzene rings is 2. The Balaban J connectivity index is 1.98. The molecule has 0 amide bonds. The first-order valence-electron chi connectivity index (χ1n) is 8.11. The summed E-state index contributed by atoms with van der Waals surface area (Å²) in [6.07, 6.45) is 3.44. The number of ether oxygens (including phenoxy) is 1. The Morgan fingerprint density at radius 2 is 1.77 bits per heavy atom. The maximum absolute atomic E-state index is 9.40. The predicted octanol–water partition coefficient (Wildman–Crippen LogP) is 4.73. The number of rotatable bonds is 6. The van der Waals surface area contributed by atoms with Gasteiger partial charge in [0.05, 0.1) is 5.70 Å². The molecule has 0 saturated heterocycles. The fourth-order valence-corrected chi connectivity index (χ4v) is 2.51. The van der Waals surface area contributed by atoms with E-state index in [1.54, 1.807) is 12.3 Å². The highest BCUT2D eigenvalue weighted by Gasteiger charge is 2.11. The molecule has 0 bridgehead atoms. The molecule has 3 rings (SSSR count). The summed E-state index contributed by atoms with van der Waals surface area (Å²) in [4.78, 5) is 8.24. The van der Waals surface area contributed by atoms with Crippen molar-refractivity contribution >= 4 is 18.5 Å². The Hall–Kier alpha value is -3.71. The van der Waals surface area contributed by atoms with Gasteiger partial charge in [-0.3, -0.25) is 4.99 Å². The van der Waals surface area contributed by atoms with E-state index < -0.39 is 0 Å². The van der Waals surface area contributed by atoms with Crippen molar-refractivity contribution in [3.8, 4) is 11.8 Å². The Morgan fingerprint density at radius 1 is 1.08 bits per heavy atom. The second-order valence-corrected chi connectivity index (χ2v) is 5.52. The van der Waals surface area contributed by atoms with Gasteiger partial charge in [0.1, 0.15) is 12.7 Å². The van der Waals surface area contributed by atoms with Crippen LogP contribution in [-0.2, 0) is 6.61 Å². The monoisotopic (exact) mass is 339 g/mol. The number of aromatic nitrogens is 1. The molecule has 0 aliphatic carbocycles. The number of hydrogen-bond donors (Lipinski definition) is 0. The lowest BCUT2D eigenvalue weighted by molar-refractivity contribution is 0.303. The van der Waals surface area contributed by atoms with Crippen LogP contribution in [0.1, 0.15) is 22.4 Å². The van der Waals surface area contributed by atoms with Crippen LogP contribution in [0.4, 0.5) is 0 Å². The molecule has 4 nitrogen and oxygen atoms in total. The normalized spacial score (nSPS) is 10.8. The minimum absolute atomic E-state index is 0.242. The van der Waals surface area contributed by atoms with Crippen LogP contribution in [-0.4, -0.2) is 11.7 Å². The SMILES string of the molecule is C=NC(=Cc1ccnc(C#N)c1OCc1ccccc1)c1ccccc1. The average Bonchev–Trinajstić information content (AvgIpc) is 2.72. The summed E-state index contributed by atoms with van der Waals surface area (Å²) >= 11 is 0. The van der Waals surface area contributed by atoms with Crippen molar-refractivity contribution in [3.63, 3.8) is 0 Å². The van der Waals surface area contributed by atoms with Crippen molar-refractivity contribution < 1.29 is 4.74 Å². The van der Waals surface area contributed by atoms with Crippen LogP contribution >= 0.6 is 0 Å². The number of nitrogens with zero attached hydrogens (tertiary/aromatic N) is 3. The molecule has 0 N–H and O–H groups in total. The van der Waals surface area contributed by atoms with Gasteiger partial charge in [-0.15, -0.1) is 0 Å². The van der Waals surface area contributed by atoms with E-state index >= 15 is 0 Å². The van der Waals surface area contributed by atoms with Crippen LogP contribution in [0.3, 0.4) is 0 Å². The van der Waals surface area contributed by atoms with E-state index in [0.29, 0.717) is 18.1 Å². The van der Waals surface area contributed by atoms with Gasteiger partial charge in [-0.05, 0) is 24.4 Å². The molecule has 0 unspecified atom stereocenters. The first-order valence-corrected chi connectivity index (χ1v) is 8.11. The second-order valence-electron chi connectivity index (χ2n) is 5.52. The summed E-state index contributed by atoms with van der Waals surface area (Å²) in [7, 11) is 0. The zero-order valence-electron chi connectivity index (χ0n) is 14.2. The first kappa shape index (κ1) is 17.1. The highest BCUT2D eigenvalue weighted by molar-refractivity contribution is 5.84. The molecule has 0 aliphatic rings. The summed E-state index contributed by atoms with van der Waals surface area (Å²) in [5.41, 5.74) is 3.63. The van der Waals surface area contributed by atoms with Crippen molar-refractivity contribution in [2.24, 2.45) is 4.99 Å². The minimum Gasteiger partial charge on any atom is -0.485 e. The summed E-state index contributed by atoms with van der Waals surface area (Å²) in [5.74, 6) is 0.441. The van der Waals surface area contributed by atoms with Crippen LogP contribution in [0.25, 0.3) is 11.8 Å². The molecule has 0 radical (unpaired) electrons. The number of pyridine rings is 1. The van der Waals surface area contributed by atoms with E-state index in [2.05, 4.69) is 22.8 Å². The van der Waals surface area contributed by atoms with Crippen molar-refractivity contribution in [1.29, 1.82) is 5.26 Å².